The molecule has 7 heteroatoms. The lowest BCUT2D eigenvalue weighted by atomic mass is 10.2. The molecule has 0 fully saturated rings. The second-order valence-electron chi connectivity index (χ2n) is 4.20. The Morgan fingerprint density at radius 2 is 1.29 bits per heavy atom. The summed E-state index contributed by atoms with van der Waals surface area (Å²) in [5.74, 6) is -2.12. The number of anilines is 1. The van der Waals surface area contributed by atoms with Crippen LogP contribution in [0, 0.1) is 0 Å². The fourth-order valence-corrected chi connectivity index (χ4v) is 1.79. The van der Waals surface area contributed by atoms with Crippen LogP contribution in [-0.4, -0.2) is 23.8 Å². The van der Waals surface area contributed by atoms with Crippen LogP contribution in [0.15, 0.2) is 30.4 Å². The first-order valence-corrected chi connectivity index (χ1v) is 5.95. The van der Waals surface area contributed by atoms with Gasteiger partial charge in [-0.05, 0) is 0 Å². The molecule has 1 aromatic carbocycles. The molecule has 0 spiro atoms. The van der Waals surface area contributed by atoms with Gasteiger partial charge in [0.15, 0.2) is 0 Å². The summed E-state index contributed by atoms with van der Waals surface area (Å²) < 4.78 is 9.81. The summed E-state index contributed by atoms with van der Waals surface area (Å²) in [7, 11) is 0. The first-order chi connectivity index (χ1) is 9.86. The third-order valence-electron chi connectivity index (χ3n) is 2.46. The van der Waals surface area contributed by atoms with Crippen molar-refractivity contribution in [2.45, 2.75) is 13.8 Å². The van der Waals surface area contributed by atoms with Crippen LogP contribution in [-0.2, 0) is 19.2 Å². The molecule has 0 aliphatic carbocycles. The zero-order valence-corrected chi connectivity index (χ0v) is 11.3. The molecule has 1 aromatic rings. The van der Waals surface area contributed by atoms with Crippen molar-refractivity contribution in [3.63, 3.8) is 0 Å². The summed E-state index contributed by atoms with van der Waals surface area (Å²) in [5.41, 5.74) is 0.144. The molecular formula is C14H11NO6. The Hall–Kier alpha value is -2.96. The predicted molar refractivity (Wildman–Crippen MR) is 70.7 cm³/mol. The number of imide groups is 1. The average molecular weight is 289 g/mol. The predicted octanol–water partition coefficient (Wildman–Crippen LogP) is 0.967. The van der Waals surface area contributed by atoms with Crippen LogP contribution in [0.1, 0.15) is 13.8 Å². The highest BCUT2D eigenvalue weighted by Gasteiger charge is 2.26. The van der Waals surface area contributed by atoms with Crippen LogP contribution < -0.4 is 14.4 Å². The van der Waals surface area contributed by atoms with E-state index in [1.165, 1.54) is 32.0 Å². The highest BCUT2D eigenvalue weighted by atomic mass is 16.5. The molecule has 7 nitrogen and oxygen atoms in total. The van der Waals surface area contributed by atoms with Crippen LogP contribution in [0.4, 0.5) is 5.69 Å². The minimum Gasteiger partial charge on any atom is -0.427 e. The summed E-state index contributed by atoms with van der Waals surface area (Å²) in [6, 6.07) is 3.97. The van der Waals surface area contributed by atoms with E-state index in [0.29, 0.717) is 0 Å². The fraction of sp³-hybridized carbons (Fsp3) is 0.143. The van der Waals surface area contributed by atoms with Crippen LogP contribution >= 0.6 is 0 Å². The van der Waals surface area contributed by atoms with E-state index in [2.05, 4.69) is 0 Å². The van der Waals surface area contributed by atoms with Gasteiger partial charge in [0.2, 0.25) is 0 Å². The number of rotatable bonds is 3. The number of carbonyl (C=O) groups excluding carboxylic acids is 4. The molecule has 0 atom stereocenters. The molecule has 0 unspecified atom stereocenters. The smallest absolute Gasteiger partial charge is 0.308 e. The number of benzene rings is 1. The maximum Gasteiger partial charge on any atom is 0.308 e. The van der Waals surface area contributed by atoms with Crippen molar-refractivity contribution >= 4 is 29.4 Å². The number of esters is 2. The minimum atomic E-state index is -0.585. The first kappa shape index (κ1) is 14.4. The second kappa shape index (κ2) is 5.58. The molecule has 0 bridgehead atoms. The van der Waals surface area contributed by atoms with Gasteiger partial charge in [0.1, 0.15) is 11.5 Å². The van der Waals surface area contributed by atoms with Gasteiger partial charge in [-0.15, -0.1) is 0 Å². The number of hydrogen-bond acceptors (Lipinski definition) is 6. The Balaban J connectivity index is 2.44. The summed E-state index contributed by atoms with van der Waals surface area (Å²) >= 11 is 0. The van der Waals surface area contributed by atoms with Gasteiger partial charge >= 0.3 is 11.9 Å². The topological polar surface area (TPSA) is 90.0 Å². The van der Waals surface area contributed by atoms with Gasteiger partial charge < -0.3 is 9.47 Å². The number of hydrogen-bond donors (Lipinski definition) is 0. The van der Waals surface area contributed by atoms with Crippen molar-refractivity contribution in [2.75, 3.05) is 4.90 Å². The fourth-order valence-electron chi connectivity index (χ4n) is 1.79. The van der Waals surface area contributed by atoms with Crippen LogP contribution in [0.3, 0.4) is 0 Å². The molecule has 0 radical (unpaired) electrons. The maximum atomic E-state index is 11.7. The standard InChI is InChI=1S/C14H11NO6/c1-8(16)20-11-5-10(6-12(7-11)21-9(2)17)15-13(18)3-4-14(15)19/h3-7H,1-2H3. The lowest BCUT2D eigenvalue weighted by Crippen LogP contribution is -2.29. The lowest BCUT2D eigenvalue weighted by molar-refractivity contribution is -0.132. The Morgan fingerprint density at radius 3 is 1.67 bits per heavy atom. The normalized spacial score (nSPS) is 13.5. The molecule has 0 saturated heterocycles. The number of ether oxygens (including phenoxy) is 2. The zero-order chi connectivity index (χ0) is 15.6. The average Bonchev–Trinajstić information content (AvgIpc) is 2.66. The first-order valence-electron chi connectivity index (χ1n) is 5.95. The molecule has 0 saturated carbocycles. The largest absolute Gasteiger partial charge is 0.427 e. The summed E-state index contributed by atoms with van der Waals surface area (Å²) in [5, 5.41) is 0. The molecule has 2 amide bonds. The van der Waals surface area contributed by atoms with Crippen molar-refractivity contribution in [3.8, 4) is 11.5 Å². The van der Waals surface area contributed by atoms with E-state index >= 15 is 0 Å². The third-order valence-corrected chi connectivity index (χ3v) is 2.46. The van der Waals surface area contributed by atoms with Gasteiger partial charge in [0.25, 0.3) is 11.8 Å². The molecule has 1 aliphatic rings. The number of nitrogens with zero attached hydrogens (tertiary/aromatic N) is 1. The SMILES string of the molecule is CC(=O)Oc1cc(OC(C)=O)cc(N2C(=O)C=CC2=O)c1. The van der Waals surface area contributed by atoms with Gasteiger partial charge in [-0.2, -0.15) is 0 Å². The van der Waals surface area contributed by atoms with E-state index in [1.54, 1.807) is 0 Å². The van der Waals surface area contributed by atoms with E-state index in [0.717, 1.165) is 17.1 Å². The Kier molecular flexibility index (Phi) is 3.84. The molecule has 108 valence electrons. The Labute approximate surface area is 119 Å². The van der Waals surface area contributed by atoms with Crippen molar-refractivity contribution in [1.82, 2.24) is 0 Å². The van der Waals surface area contributed by atoms with Crippen molar-refractivity contribution in [3.05, 3.63) is 30.4 Å². The molecular weight excluding hydrogens is 278 g/mol. The van der Waals surface area contributed by atoms with Gasteiger partial charge in [0, 0.05) is 44.2 Å². The quantitative estimate of drug-likeness (QED) is 0.468. The molecule has 0 N–H and O–H groups in total. The summed E-state index contributed by atoms with van der Waals surface area (Å²) in [4.78, 5) is 46.2. The van der Waals surface area contributed by atoms with Gasteiger partial charge in [-0.3, -0.25) is 19.2 Å². The number of carbonyl (C=O) groups is 4. The van der Waals surface area contributed by atoms with E-state index in [4.69, 9.17) is 9.47 Å². The van der Waals surface area contributed by atoms with E-state index in [-0.39, 0.29) is 17.2 Å². The van der Waals surface area contributed by atoms with E-state index in [9.17, 15) is 19.2 Å². The molecule has 1 aliphatic heterocycles. The molecule has 1 heterocycles. The zero-order valence-electron chi connectivity index (χ0n) is 11.3. The Morgan fingerprint density at radius 1 is 0.857 bits per heavy atom. The lowest BCUT2D eigenvalue weighted by Gasteiger charge is -2.16. The van der Waals surface area contributed by atoms with Crippen molar-refractivity contribution < 1.29 is 28.7 Å². The number of amides is 2. The summed E-state index contributed by atoms with van der Waals surface area (Å²) in [6.07, 6.45) is 2.23. The van der Waals surface area contributed by atoms with Gasteiger partial charge in [-0.1, -0.05) is 0 Å². The highest BCUT2D eigenvalue weighted by Crippen LogP contribution is 2.30. The van der Waals surface area contributed by atoms with Crippen LogP contribution in [0.2, 0.25) is 0 Å². The van der Waals surface area contributed by atoms with Crippen LogP contribution in [0.5, 0.6) is 11.5 Å². The maximum absolute atomic E-state index is 11.7. The highest BCUT2D eigenvalue weighted by molar-refractivity contribution is 6.28. The van der Waals surface area contributed by atoms with Gasteiger partial charge in [-0.25, -0.2) is 4.90 Å². The molecule has 2 rings (SSSR count). The van der Waals surface area contributed by atoms with Crippen molar-refractivity contribution in [1.29, 1.82) is 0 Å². The van der Waals surface area contributed by atoms with Gasteiger partial charge in [0.05, 0.1) is 5.69 Å². The van der Waals surface area contributed by atoms with E-state index < -0.39 is 23.8 Å². The van der Waals surface area contributed by atoms with Crippen LogP contribution in [0.25, 0.3) is 0 Å². The molecule has 0 aromatic heterocycles. The summed E-state index contributed by atoms with van der Waals surface area (Å²) in [6.45, 7) is 2.40. The van der Waals surface area contributed by atoms with Crippen molar-refractivity contribution in [2.24, 2.45) is 0 Å². The molecule has 21 heavy (non-hydrogen) atoms. The minimum absolute atomic E-state index is 0.0590. The van der Waals surface area contributed by atoms with E-state index in [1.807, 2.05) is 0 Å². The third kappa shape index (κ3) is 3.33. The second-order valence-corrected chi connectivity index (χ2v) is 4.20. The monoisotopic (exact) mass is 289 g/mol. The Bertz CT molecular complexity index is 624.